The molecule has 1 aliphatic rings. The van der Waals surface area contributed by atoms with Gasteiger partial charge in [0.05, 0.1) is 13.0 Å². The Balaban J connectivity index is 1.45. The lowest BCUT2D eigenvalue weighted by Gasteiger charge is -2.09. The highest BCUT2D eigenvalue weighted by atomic mass is 32.1. The van der Waals surface area contributed by atoms with Crippen LogP contribution in [0.4, 0.5) is 5.13 Å². The number of rotatable bonds is 6. The molecule has 1 aliphatic carbocycles. The third-order valence-electron chi connectivity index (χ3n) is 3.53. The van der Waals surface area contributed by atoms with Crippen LogP contribution in [0.5, 0.6) is 5.75 Å². The molecule has 116 valence electrons. The van der Waals surface area contributed by atoms with Crippen molar-refractivity contribution in [3.8, 4) is 5.75 Å². The molecule has 3 rings (SSSR count). The van der Waals surface area contributed by atoms with E-state index in [1.54, 1.807) is 0 Å². The fourth-order valence-corrected chi connectivity index (χ4v) is 3.11. The van der Waals surface area contributed by atoms with Gasteiger partial charge in [0.15, 0.2) is 0 Å². The number of hydrogen-bond acceptors (Lipinski definition) is 5. The summed E-state index contributed by atoms with van der Waals surface area (Å²) in [5.74, 6) is 1.30. The van der Waals surface area contributed by atoms with Crippen molar-refractivity contribution in [1.82, 2.24) is 10.2 Å². The topological polar surface area (TPSA) is 64.1 Å². The van der Waals surface area contributed by atoms with Crippen LogP contribution in [0, 0.1) is 13.8 Å². The highest BCUT2D eigenvalue weighted by Crippen LogP contribution is 2.42. The van der Waals surface area contributed by atoms with E-state index in [0.29, 0.717) is 24.1 Å². The van der Waals surface area contributed by atoms with Gasteiger partial charge in [-0.1, -0.05) is 29.0 Å². The first kappa shape index (κ1) is 15.0. The molecule has 22 heavy (non-hydrogen) atoms. The Labute approximate surface area is 133 Å². The second kappa shape index (κ2) is 6.44. The van der Waals surface area contributed by atoms with Gasteiger partial charge in [-0.25, -0.2) is 0 Å². The molecular weight excluding hydrogens is 298 g/mol. The van der Waals surface area contributed by atoms with Gasteiger partial charge >= 0.3 is 0 Å². The third kappa shape index (κ3) is 3.82. The van der Waals surface area contributed by atoms with Crippen molar-refractivity contribution >= 4 is 22.4 Å². The smallest absolute Gasteiger partial charge is 0.229 e. The number of benzene rings is 1. The molecule has 5 nitrogen and oxygen atoms in total. The van der Waals surface area contributed by atoms with E-state index in [1.807, 2.05) is 26.0 Å². The van der Waals surface area contributed by atoms with Crippen LogP contribution in [-0.4, -0.2) is 22.7 Å². The van der Waals surface area contributed by atoms with Gasteiger partial charge in [-0.2, -0.15) is 0 Å². The van der Waals surface area contributed by atoms with Crippen molar-refractivity contribution < 1.29 is 9.53 Å². The third-order valence-corrected chi connectivity index (χ3v) is 4.53. The number of anilines is 1. The largest absolute Gasteiger partial charge is 0.493 e. The second-order valence-corrected chi connectivity index (χ2v) is 6.64. The van der Waals surface area contributed by atoms with E-state index in [-0.39, 0.29) is 5.91 Å². The summed E-state index contributed by atoms with van der Waals surface area (Å²) >= 11 is 1.47. The van der Waals surface area contributed by atoms with Gasteiger partial charge in [0, 0.05) is 5.92 Å². The average Bonchev–Trinajstić information content (AvgIpc) is 3.22. The maximum Gasteiger partial charge on any atom is 0.229 e. The minimum atomic E-state index is -0.0942. The van der Waals surface area contributed by atoms with Crippen molar-refractivity contribution in [3.63, 3.8) is 0 Å². The highest BCUT2D eigenvalue weighted by molar-refractivity contribution is 7.15. The molecule has 0 saturated heterocycles. The highest BCUT2D eigenvalue weighted by Gasteiger charge is 2.27. The van der Waals surface area contributed by atoms with Crippen molar-refractivity contribution in [2.24, 2.45) is 0 Å². The van der Waals surface area contributed by atoms with E-state index in [1.165, 1.54) is 29.7 Å². The first-order valence-electron chi connectivity index (χ1n) is 7.45. The van der Waals surface area contributed by atoms with Crippen molar-refractivity contribution in [1.29, 1.82) is 0 Å². The number of ether oxygens (including phenoxy) is 1. The summed E-state index contributed by atoms with van der Waals surface area (Å²) in [4.78, 5) is 11.9. The number of amides is 1. The molecule has 1 fully saturated rings. The Hall–Kier alpha value is -1.95. The number of aromatic nitrogens is 2. The fraction of sp³-hybridized carbons (Fsp3) is 0.438. The molecule has 1 aromatic heterocycles. The van der Waals surface area contributed by atoms with E-state index in [0.717, 1.165) is 16.3 Å². The maximum absolute atomic E-state index is 11.9. The molecule has 6 heteroatoms. The minimum Gasteiger partial charge on any atom is -0.493 e. The van der Waals surface area contributed by atoms with Crippen LogP contribution in [-0.2, 0) is 4.79 Å². The lowest BCUT2D eigenvalue weighted by Crippen LogP contribution is -2.15. The zero-order valence-electron chi connectivity index (χ0n) is 12.8. The summed E-state index contributed by atoms with van der Waals surface area (Å²) in [6.07, 6.45) is 2.67. The summed E-state index contributed by atoms with van der Waals surface area (Å²) in [5, 5.41) is 12.5. The van der Waals surface area contributed by atoms with Gasteiger partial charge in [0.1, 0.15) is 10.8 Å². The monoisotopic (exact) mass is 317 g/mol. The maximum atomic E-state index is 11.9. The second-order valence-electron chi connectivity index (χ2n) is 5.64. The average molecular weight is 317 g/mol. The molecule has 2 aromatic rings. The molecule has 1 amide bonds. The summed E-state index contributed by atoms with van der Waals surface area (Å²) in [5.41, 5.74) is 2.28. The Kier molecular flexibility index (Phi) is 4.38. The van der Waals surface area contributed by atoms with E-state index < -0.39 is 0 Å². The molecule has 0 spiro atoms. The lowest BCUT2D eigenvalue weighted by atomic mass is 10.1. The minimum absolute atomic E-state index is 0.0942. The van der Waals surface area contributed by atoms with Gasteiger partial charge in [-0.05, 0) is 38.3 Å². The molecule has 1 aromatic carbocycles. The van der Waals surface area contributed by atoms with Crippen LogP contribution in [0.3, 0.4) is 0 Å². The van der Waals surface area contributed by atoms with Crippen molar-refractivity contribution in [2.45, 2.75) is 39.0 Å². The summed E-state index contributed by atoms with van der Waals surface area (Å²) in [6.45, 7) is 4.40. The molecule has 1 N–H and O–H groups in total. The molecule has 0 unspecified atom stereocenters. The molecule has 0 aliphatic heterocycles. The van der Waals surface area contributed by atoms with Crippen molar-refractivity contribution in [2.75, 3.05) is 11.9 Å². The lowest BCUT2D eigenvalue weighted by molar-refractivity contribution is -0.116. The number of hydrogen-bond donors (Lipinski definition) is 1. The standard InChI is InChI=1S/C16H19N3O2S/c1-10-3-6-13(11(2)9-10)21-8-7-14(20)17-16-19-18-15(22-16)12-4-5-12/h3,6,9,12H,4-5,7-8H2,1-2H3,(H,17,19,20). The Morgan fingerprint density at radius 2 is 2.18 bits per heavy atom. The Morgan fingerprint density at radius 3 is 2.91 bits per heavy atom. The Bertz CT molecular complexity index is 680. The number of nitrogens with zero attached hydrogens (tertiary/aromatic N) is 2. The van der Waals surface area contributed by atoms with E-state index in [4.69, 9.17) is 4.74 Å². The zero-order chi connectivity index (χ0) is 15.5. The van der Waals surface area contributed by atoms with Crippen LogP contribution in [0.15, 0.2) is 18.2 Å². The first-order valence-corrected chi connectivity index (χ1v) is 8.27. The summed E-state index contributed by atoms with van der Waals surface area (Å²) < 4.78 is 5.66. The summed E-state index contributed by atoms with van der Waals surface area (Å²) in [6, 6.07) is 6.01. The number of carbonyl (C=O) groups is 1. The number of carbonyl (C=O) groups excluding carboxylic acids is 1. The van der Waals surface area contributed by atoms with Crippen LogP contribution in [0.2, 0.25) is 0 Å². The van der Waals surface area contributed by atoms with Crippen LogP contribution in [0.1, 0.15) is 41.3 Å². The normalized spacial score (nSPS) is 13.9. The zero-order valence-corrected chi connectivity index (χ0v) is 13.6. The predicted molar refractivity (Wildman–Crippen MR) is 86.5 cm³/mol. The van der Waals surface area contributed by atoms with Gasteiger partial charge < -0.3 is 10.1 Å². The number of nitrogens with one attached hydrogen (secondary N) is 1. The van der Waals surface area contributed by atoms with Crippen LogP contribution in [0.25, 0.3) is 0 Å². The van der Waals surface area contributed by atoms with Gasteiger partial charge in [-0.15, -0.1) is 10.2 Å². The van der Waals surface area contributed by atoms with E-state index >= 15 is 0 Å². The van der Waals surface area contributed by atoms with Gasteiger partial charge in [0.2, 0.25) is 11.0 Å². The van der Waals surface area contributed by atoms with E-state index in [2.05, 4.69) is 21.6 Å². The molecule has 0 radical (unpaired) electrons. The van der Waals surface area contributed by atoms with Crippen LogP contribution < -0.4 is 10.1 Å². The van der Waals surface area contributed by atoms with Gasteiger partial charge in [-0.3, -0.25) is 4.79 Å². The molecule has 1 heterocycles. The fourth-order valence-electron chi connectivity index (χ4n) is 2.18. The van der Waals surface area contributed by atoms with E-state index in [9.17, 15) is 4.79 Å². The quantitative estimate of drug-likeness (QED) is 0.886. The van der Waals surface area contributed by atoms with Crippen molar-refractivity contribution in [3.05, 3.63) is 34.3 Å². The molecule has 0 bridgehead atoms. The number of aryl methyl sites for hydroxylation is 2. The molecule has 1 saturated carbocycles. The van der Waals surface area contributed by atoms with Crippen LogP contribution >= 0.6 is 11.3 Å². The Morgan fingerprint density at radius 1 is 1.36 bits per heavy atom. The van der Waals surface area contributed by atoms with Gasteiger partial charge in [0.25, 0.3) is 0 Å². The molecule has 0 atom stereocenters. The molecular formula is C16H19N3O2S. The predicted octanol–water partition coefficient (Wildman–Crippen LogP) is 3.44. The first-order chi connectivity index (χ1) is 10.6. The summed E-state index contributed by atoms with van der Waals surface area (Å²) in [7, 11) is 0. The SMILES string of the molecule is Cc1ccc(OCCC(=O)Nc2nnc(C3CC3)s2)c(C)c1.